The third-order valence-corrected chi connectivity index (χ3v) is 2.19. The molecule has 0 aliphatic rings. The molecule has 0 saturated carbocycles. The third-order valence-electron chi connectivity index (χ3n) is 1.73. The fourth-order valence-electron chi connectivity index (χ4n) is 1.05. The molecule has 0 unspecified atom stereocenters. The highest BCUT2D eigenvalue weighted by Crippen LogP contribution is 2.05. The molecule has 0 radical (unpaired) electrons. The Morgan fingerprint density at radius 3 is 2.00 bits per heavy atom. The van der Waals surface area contributed by atoms with Gasteiger partial charge in [0.2, 0.25) is 0 Å². The van der Waals surface area contributed by atoms with E-state index in [0.29, 0.717) is 6.42 Å². The maximum absolute atomic E-state index is 10.1. The molecule has 0 fully saturated rings. The maximum atomic E-state index is 10.1. The minimum Gasteiger partial charge on any atom is -0.412 e. The Morgan fingerprint density at radius 1 is 1.07 bits per heavy atom. The van der Waals surface area contributed by atoms with Crippen molar-refractivity contribution in [1.29, 1.82) is 0 Å². The Hall–Kier alpha value is -0.210. The number of hydrogen-bond donors (Lipinski definition) is 2. The summed E-state index contributed by atoms with van der Waals surface area (Å²) in [6.07, 6.45) is 6.34. The van der Waals surface area contributed by atoms with Crippen molar-refractivity contribution in [2.75, 3.05) is 6.61 Å². The van der Waals surface area contributed by atoms with Crippen LogP contribution in [0.2, 0.25) is 0 Å². The van der Waals surface area contributed by atoms with Crippen molar-refractivity contribution < 1.29 is 22.6 Å². The molecule has 0 atom stereocenters. The number of unbranched alkanes of at least 4 members (excludes halogenated alkanes) is 5. The quantitative estimate of drug-likeness (QED) is 0.494. The number of rotatable bonds is 8. The van der Waals surface area contributed by atoms with Crippen molar-refractivity contribution in [3.8, 4) is 0 Å². The van der Waals surface area contributed by atoms with Gasteiger partial charge in [-0.25, -0.2) is 4.18 Å². The molecule has 0 aromatic rings. The lowest BCUT2D eigenvalue weighted by molar-refractivity contribution is 0.261. The highest BCUT2D eigenvalue weighted by Gasteiger charge is 2.02. The van der Waals surface area contributed by atoms with E-state index in [0.717, 1.165) is 12.8 Å². The molecule has 7 heteroatoms. The molecule has 0 saturated heterocycles. The van der Waals surface area contributed by atoms with Crippen LogP contribution in [0.1, 0.15) is 45.4 Å². The molecular formula is C8H23NO5S. The van der Waals surface area contributed by atoms with Crippen LogP contribution < -0.4 is 6.15 Å². The Bertz CT molecular complexity index is 205. The smallest absolute Gasteiger partial charge is 0.397 e. The topological polar surface area (TPSA) is 130 Å². The summed E-state index contributed by atoms with van der Waals surface area (Å²) in [6, 6.07) is 0. The Balaban J connectivity index is -0.000000720. The largest absolute Gasteiger partial charge is 0.412 e. The van der Waals surface area contributed by atoms with Crippen LogP contribution in [0, 0.1) is 0 Å². The molecule has 6 nitrogen and oxygen atoms in total. The van der Waals surface area contributed by atoms with Gasteiger partial charge in [-0.1, -0.05) is 39.0 Å². The van der Waals surface area contributed by atoms with E-state index in [2.05, 4.69) is 11.1 Å². The highest BCUT2D eigenvalue weighted by molar-refractivity contribution is 7.80. The van der Waals surface area contributed by atoms with Gasteiger partial charge >= 0.3 is 10.4 Å². The summed E-state index contributed by atoms with van der Waals surface area (Å²) in [5, 5.41) is 0. The van der Waals surface area contributed by atoms with Crippen molar-refractivity contribution in [3.63, 3.8) is 0 Å². The van der Waals surface area contributed by atoms with Crippen molar-refractivity contribution in [1.82, 2.24) is 6.15 Å². The zero-order chi connectivity index (χ0) is 10.2. The van der Waals surface area contributed by atoms with Gasteiger partial charge < -0.3 is 11.6 Å². The highest BCUT2D eigenvalue weighted by atomic mass is 32.3. The predicted octanol–water partition coefficient (Wildman–Crippen LogP) is 1.50. The average molecular weight is 245 g/mol. The second-order valence-corrected chi connectivity index (χ2v) is 4.11. The molecule has 0 aromatic carbocycles. The van der Waals surface area contributed by atoms with Gasteiger partial charge in [-0.05, 0) is 6.42 Å². The molecule has 0 bridgehead atoms. The van der Waals surface area contributed by atoms with Gasteiger partial charge in [0.05, 0.1) is 6.61 Å². The van der Waals surface area contributed by atoms with E-state index in [1.807, 2.05) is 0 Å². The summed E-state index contributed by atoms with van der Waals surface area (Å²) in [5.41, 5.74) is 0. The molecule has 0 spiro atoms. The molecule has 0 aliphatic carbocycles. The molecule has 6 N–H and O–H groups in total. The van der Waals surface area contributed by atoms with E-state index in [1.54, 1.807) is 0 Å². The zero-order valence-electron chi connectivity index (χ0n) is 9.24. The first-order valence-corrected chi connectivity index (χ1v) is 6.04. The van der Waals surface area contributed by atoms with Gasteiger partial charge in [-0.2, -0.15) is 8.42 Å². The molecule has 0 rings (SSSR count). The van der Waals surface area contributed by atoms with E-state index in [4.69, 9.17) is 4.55 Å². The van der Waals surface area contributed by atoms with E-state index >= 15 is 0 Å². The SMILES string of the molecule is CCCCCCCCOS(=O)(=O)O.N.O. The fourth-order valence-corrected chi connectivity index (χ4v) is 1.38. The second kappa shape index (κ2) is 11.9. The third kappa shape index (κ3) is 20.0. The van der Waals surface area contributed by atoms with Gasteiger partial charge in [0.15, 0.2) is 0 Å². The van der Waals surface area contributed by atoms with E-state index in [1.165, 1.54) is 19.3 Å². The lowest BCUT2D eigenvalue weighted by atomic mass is 10.1. The molecule has 0 heterocycles. The van der Waals surface area contributed by atoms with Crippen LogP contribution in [0.4, 0.5) is 0 Å². The molecule has 0 aliphatic heterocycles. The van der Waals surface area contributed by atoms with Crippen LogP contribution in [0.3, 0.4) is 0 Å². The van der Waals surface area contributed by atoms with E-state index in [-0.39, 0.29) is 18.2 Å². The minimum atomic E-state index is -4.22. The predicted molar refractivity (Wildman–Crippen MR) is 59.5 cm³/mol. The normalized spacial score (nSPS) is 10.3. The Kier molecular flexibility index (Phi) is 16.0. The van der Waals surface area contributed by atoms with Crippen LogP contribution in [-0.4, -0.2) is 25.1 Å². The second-order valence-electron chi connectivity index (χ2n) is 3.02. The van der Waals surface area contributed by atoms with Gasteiger partial charge in [0, 0.05) is 0 Å². The lowest BCUT2D eigenvalue weighted by Gasteiger charge is -2.00. The summed E-state index contributed by atoms with van der Waals surface area (Å²) < 4.78 is 32.6. The van der Waals surface area contributed by atoms with E-state index in [9.17, 15) is 8.42 Å². The van der Waals surface area contributed by atoms with Crippen molar-refractivity contribution >= 4 is 10.4 Å². The first-order chi connectivity index (χ1) is 6.06. The zero-order valence-corrected chi connectivity index (χ0v) is 10.1. The first-order valence-electron chi connectivity index (χ1n) is 4.68. The first kappa shape index (κ1) is 20.2. The van der Waals surface area contributed by atoms with Crippen LogP contribution in [0.15, 0.2) is 0 Å². The molecule has 0 aromatic heterocycles. The van der Waals surface area contributed by atoms with E-state index < -0.39 is 10.4 Å². The van der Waals surface area contributed by atoms with Crippen LogP contribution in [0.25, 0.3) is 0 Å². The van der Waals surface area contributed by atoms with Crippen molar-refractivity contribution in [2.24, 2.45) is 0 Å². The average Bonchev–Trinajstić information content (AvgIpc) is 2.01. The molecule has 0 amide bonds. The summed E-state index contributed by atoms with van der Waals surface area (Å²) in [7, 11) is -4.22. The van der Waals surface area contributed by atoms with Gasteiger partial charge in [-0.15, -0.1) is 0 Å². The fraction of sp³-hybridized carbons (Fsp3) is 1.00. The number of hydrogen-bond acceptors (Lipinski definition) is 4. The van der Waals surface area contributed by atoms with Crippen molar-refractivity contribution in [3.05, 3.63) is 0 Å². The molecule has 15 heavy (non-hydrogen) atoms. The molecule has 96 valence electrons. The standard InChI is InChI=1S/C8H18O4S.H3N.H2O/c1-2-3-4-5-6-7-8-12-13(9,10)11;;/h2-8H2,1H3,(H,9,10,11);1H3;1H2. The maximum Gasteiger partial charge on any atom is 0.397 e. The summed E-state index contributed by atoms with van der Waals surface area (Å²) >= 11 is 0. The Labute approximate surface area is 91.9 Å². The van der Waals surface area contributed by atoms with Crippen LogP contribution in [-0.2, 0) is 14.6 Å². The lowest BCUT2D eigenvalue weighted by Crippen LogP contribution is -2.04. The van der Waals surface area contributed by atoms with Crippen LogP contribution in [0.5, 0.6) is 0 Å². The van der Waals surface area contributed by atoms with Crippen molar-refractivity contribution in [2.45, 2.75) is 45.4 Å². The summed E-state index contributed by atoms with van der Waals surface area (Å²) in [6.45, 7) is 2.23. The summed E-state index contributed by atoms with van der Waals surface area (Å²) in [4.78, 5) is 0. The minimum absolute atomic E-state index is 0. The van der Waals surface area contributed by atoms with Gasteiger partial charge in [0.1, 0.15) is 0 Å². The monoisotopic (exact) mass is 245 g/mol. The van der Waals surface area contributed by atoms with Gasteiger partial charge in [0.25, 0.3) is 0 Å². The molecular weight excluding hydrogens is 222 g/mol. The summed E-state index contributed by atoms with van der Waals surface area (Å²) in [5.74, 6) is 0. The van der Waals surface area contributed by atoms with Crippen LogP contribution >= 0.6 is 0 Å². The Morgan fingerprint density at radius 2 is 1.53 bits per heavy atom. The van der Waals surface area contributed by atoms with Gasteiger partial charge in [-0.3, -0.25) is 4.55 Å².